The lowest BCUT2D eigenvalue weighted by Gasteiger charge is -2.08. The van der Waals surface area contributed by atoms with Gasteiger partial charge in [-0.3, -0.25) is 9.52 Å². The van der Waals surface area contributed by atoms with E-state index in [1.165, 1.54) is 18.2 Å². The summed E-state index contributed by atoms with van der Waals surface area (Å²) in [7, 11) is -3.35. The first-order valence-corrected chi connectivity index (χ1v) is 8.68. The fourth-order valence-electron chi connectivity index (χ4n) is 1.92. The number of sulfonamides is 1. The highest BCUT2D eigenvalue weighted by molar-refractivity contribution is 7.92. The summed E-state index contributed by atoms with van der Waals surface area (Å²) >= 11 is 0. The van der Waals surface area contributed by atoms with Gasteiger partial charge in [0, 0.05) is 22.6 Å². The zero-order valence-corrected chi connectivity index (χ0v) is 13.6. The number of nitrogens with one attached hydrogen (secondary N) is 3. The van der Waals surface area contributed by atoms with Gasteiger partial charge in [0.05, 0.1) is 6.26 Å². The molecule has 126 valence electrons. The Hall–Kier alpha value is -3.07. The Morgan fingerprint density at radius 2 is 1.54 bits per heavy atom. The highest BCUT2D eigenvalue weighted by atomic mass is 32.2. The van der Waals surface area contributed by atoms with Gasteiger partial charge in [0.1, 0.15) is 0 Å². The first-order chi connectivity index (χ1) is 11.2. The van der Waals surface area contributed by atoms with Gasteiger partial charge in [-0.1, -0.05) is 6.07 Å². The Kier molecular flexibility index (Phi) is 5.05. The topological polar surface area (TPSA) is 130 Å². The fourth-order valence-corrected chi connectivity index (χ4v) is 2.48. The van der Waals surface area contributed by atoms with Crippen molar-refractivity contribution in [2.24, 2.45) is 5.73 Å². The van der Waals surface area contributed by atoms with Crippen molar-refractivity contribution in [3.8, 4) is 0 Å². The van der Waals surface area contributed by atoms with E-state index in [2.05, 4.69) is 15.4 Å². The molecule has 0 spiro atoms. The van der Waals surface area contributed by atoms with Crippen LogP contribution in [0.1, 0.15) is 10.4 Å². The highest BCUT2D eigenvalue weighted by Crippen LogP contribution is 2.16. The summed E-state index contributed by atoms with van der Waals surface area (Å²) < 4.78 is 24.6. The molecule has 0 saturated carbocycles. The van der Waals surface area contributed by atoms with Crippen LogP contribution in [0.4, 0.5) is 21.9 Å². The monoisotopic (exact) mass is 348 g/mol. The van der Waals surface area contributed by atoms with Gasteiger partial charge in [0.2, 0.25) is 10.0 Å². The summed E-state index contributed by atoms with van der Waals surface area (Å²) in [5, 5.41) is 5.06. The molecule has 5 N–H and O–H groups in total. The van der Waals surface area contributed by atoms with E-state index >= 15 is 0 Å². The van der Waals surface area contributed by atoms with Crippen LogP contribution in [0.5, 0.6) is 0 Å². The smallest absolute Gasteiger partial charge is 0.316 e. The Balaban J connectivity index is 2.08. The second-order valence-electron chi connectivity index (χ2n) is 4.98. The molecule has 2 aromatic carbocycles. The number of primary amides is 1. The van der Waals surface area contributed by atoms with Crippen LogP contribution in [0, 0.1) is 0 Å². The van der Waals surface area contributed by atoms with Crippen molar-refractivity contribution >= 4 is 39.0 Å². The van der Waals surface area contributed by atoms with E-state index in [0.29, 0.717) is 22.6 Å². The van der Waals surface area contributed by atoms with Gasteiger partial charge in [-0.15, -0.1) is 0 Å². The van der Waals surface area contributed by atoms with Crippen molar-refractivity contribution in [1.82, 2.24) is 0 Å². The maximum absolute atomic E-state index is 12.2. The molecule has 0 aliphatic rings. The van der Waals surface area contributed by atoms with Crippen molar-refractivity contribution in [3.63, 3.8) is 0 Å². The molecule has 0 atom stereocenters. The third-order valence-corrected chi connectivity index (χ3v) is 3.44. The molecule has 8 nitrogen and oxygen atoms in total. The van der Waals surface area contributed by atoms with E-state index < -0.39 is 16.1 Å². The van der Waals surface area contributed by atoms with Gasteiger partial charge in [-0.2, -0.15) is 0 Å². The highest BCUT2D eigenvalue weighted by Gasteiger charge is 2.08. The Labute approximate surface area is 139 Å². The van der Waals surface area contributed by atoms with Crippen molar-refractivity contribution in [2.75, 3.05) is 21.6 Å². The number of amides is 3. The first kappa shape index (κ1) is 17.3. The quantitative estimate of drug-likeness (QED) is 0.656. The SMILES string of the molecule is CS(=O)(=O)Nc1ccc(NC(=O)c2cccc(NC(N)=O)c2)cc1. The normalized spacial score (nSPS) is 10.7. The van der Waals surface area contributed by atoms with Crippen LogP contribution in [0.25, 0.3) is 0 Å². The molecule has 0 bridgehead atoms. The molecular formula is C15H16N4O4S. The van der Waals surface area contributed by atoms with Crippen molar-refractivity contribution < 1.29 is 18.0 Å². The second-order valence-corrected chi connectivity index (χ2v) is 6.72. The standard InChI is InChI=1S/C15H16N4O4S/c1-24(22,23)19-12-7-5-11(6-8-12)17-14(20)10-3-2-4-13(9-10)18-15(16)21/h2-9,19H,1H3,(H,17,20)(H3,16,18,21). The van der Waals surface area contributed by atoms with Crippen molar-refractivity contribution in [3.05, 3.63) is 54.1 Å². The summed E-state index contributed by atoms with van der Waals surface area (Å²) in [5.41, 5.74) is 6.66. The lowest BCUT2D eigenvalue weighted by atomic mass is 10.2. The summed E-state index contributed by atoms with van der Waals surface area (Å²) in [6.07, 6.45) is 1.05. The van der Waals surface area contributed by atoms with Crippen LogP contribution >= 0.6 is 0 Å². The third kappa shape index (κ3) is 5.29. The predicted molar refractivity (Wildman–Crippen MR) is 92.5 cm³/mol. The van der Waals surface area contributed by atoms with Crippen LogP contribution in [0.2, 0.25) is 0 Å². The van der Waals surface area contributed by atoms with E-state index in [1.54, 1.807) is 30.3 Å². The van der Waals surface area contributed by atoms with E-state index in [1.807, 2.05) is 0 Å². The number of benzene rings is 2. The average molecular weight is 348 g/mol. The van der Waals surface area contributed by atoms with Gasteiger partial charge in [-0.05, 0) is 42.5 Å². The number of rotatable bonds is 5. The van der Waals surface area contributed by atoms with Crippen LogP contribution in [0.3, 0.4) is 0 Å². The van der Waals surface area contributed by atoms with Gasteiger partial charge in [0.15, 0.2) is 0 Å². The molecule has 0 aliphatic heterocycles. The van der Waals surface area contributed by atoms with Crippen LogP contribution in [-0.4, -0.2) is 26.6 Å². The van der Waals surface area contributed by atoms with E-state index in [-0.39, 0.29) is 5.91 Å². The number of hydrogen-bond acceptors (Lipinski definition) is 4. The number of hydrogen-bond donors (Lipinski definition) is 4. The minimum Gasteiger partial charge on any atom is -0.351 e. The maximum atomic E-state index is 12.2. The molecule has 3 amide bonds. The summed E-state index contributed by atoms with van der Waals surface area (Å²) in [6, 6.07) is 11.8. The van der Waals surface area contributed by atoms with Crippen LogP contribution < -0.4 is 21.1 Å². The van der Waals surface area contributed by atoms with Gasteiger partial charge in [0.25, 0.3) is 5.91 Å². The maximum Gasteiger partial charge on any atom is 0.316 e. The molecule has 0 heterocycles. The fraction of sp³-hybridized carbons (Fsp3) is 0.0667. The number of carbonyl (C=O) groups excluding carboxylic acids is 2. The van der Waals surface area contributed by atoms with Gasteiger partial charge >= 0.3 is 6.03 Å². The molecule has 0 unspecified atom stereocenters. The summed E-state index contributed by atoms with van der Waals surface area (Å²) in [4.78, 5) is 23.0. The predicted octanol–water partition coefficient (Wildman–Crippen LogP) is 1.80. The molecule has 0 saturated heterocycles. The Morgan fingerprint density at radius 3 is 2.12 bits per heavy atom. The zero-order chi connectivity index (χ0) is 17.7. The van der Waals surface area contributed by atoms with E-state index in [4.69, 9.17) is 5.73 Å². The number of nitrogens with two attached hydrogens (primary N) is 1. The van der Waals surface area contributed by atoms with Gasteiger partial charge < -0.3 is 16.4 Å². The lowest BCUT2D eigenvalue weighted by molar-refractivity contribution is 0.102. The van der Waals surface area contributed by atoms with E-state index in [9.17, 15) is 18.0 Å². The van der Waals surface area contributed by atoms with Crippen molar-refractivity contribution in [2.45, 2.75) is 0 Å². The van der Waals surface area contributed by atoms with E-state index in [0.717, 1.165) is 6.26 Å². The first-order valence-electron chi connectivity index (χ1n) is 6.79. The number of carbonyl (C=O) groups is 2. The molecule has 24 heavy (non-hydrogen) atoms. The molecule has 9 heteroatoms. The largest absolute Gasteiger partial charge is 0.351 e. The van der Waals surface area contributed by atoms with Crippen LogP contribution in [-0.2, 0) is 10.0 Å². The molecule has 0 radical (unpaired) electrons. The lowest BCUT2D eigenvalue weighted by Crippen LogP contribution is -2.19. The number of urea groups is 1. The second kappa shape index (κ2) is 7.01. The van der Waals surface area contributed by atoms with Crippen LogP contribution in [0.15, 0.2) is 48.5 Å². The molecular weight excluding hydrogens is 332 g/mol. The Morgan fingerprint density at radius 1 is 0.917 bits per heavy atom. The minimum atomic E-state index is -3.35. The average Bonchev–Trinajstić information content (AvgIpc) is 2.47. The number of anilines is 3. The third-order valence-electron chi connectivity index (χ3n) is 2.84. The molecule has 0 aromatic heterocycles. The minimum absolute atomic E-state index is 0.333. The zero-order valence-electron chi connectivity index (χ0n) is 12.7. The Bertz CT molecular complexity index is 863. The molecule has 0 fully saturated rings. The molecule has 2 rings (SSSR count). The molecule has 0 aliphatic carbocycles. The molecule has 2 aromatic rings. The summed E-state index contributed by atoms with van der Waals surface area (Å²) in [5.74, 6) is -0.382. The van der Waals surface area contributed by atoms with Crippen molar-refractivity contribution in [1.29, 1.82) is 0 Å². The summed E-state index contributed by atoms with van der Waals surface area (Å²) in [6.45, 7) is 0. The van der Waals surface area contributed by atoms with Gasteiger partial charge in [-0.25, -0.2) is 13.2 Å².